The molecular weight excluding hydrogens is 278 g/mol. The molecule has 1 unspecified atom stereocenters. The molecular formula is C16H21N5O. The first-order valence-corrected chi connectivity index (χ1v) is 7.72. The molecule has 3 rings (SSSR count). The second-order valence-electron chi connectivity index (χ2n) is 5.85. The Morgan fingerprint density at radius 2 is 2.23 bits per heavy atom. The molecule has 6 nitrogen and oxygen atoms in total. The van der Waals surface area contributed by atoms with Crippen LogP contribution in [-0.4, -0.2) is 43.8 Å². The normalized spacial score (nSPS) is 18.0. The molecule has 0 aromatic carbocycles. The maximum atomic E-state index is 11.8. The molecule has 0 bridgehead atoms. The molecule has 1 atom stereocenters. The van der Waals surface area contributed by atoms with Crippen molar-refractivity contribution in [2.45, 2.75) is 39.5 Å². The van der Waals surface area contributed by atoms with Gasteiger partial charge in [0, 0.05) is 43.0 Å². The minimum atomic E-state index is 0.206. The van der Waals surface area contributed by atoms with E-state index in [1.165, 1.54) is 0 Å². The Labute approximate surface area is 130 Å². The molecule has 1 fully saturated rings. The van der Waals surface area contributed by atoms with Crippen molar-refractivity contribution < 1.29 is 4.79 Å². The molecule has 2 aromatic rings. The minimum Gasteiger partial charge on any atom is -0.342 e. The monoisotopic (exact) mass is 299 g/mol. The predicted molar refractivity (Wildman–Crippen MR) is 83.3 cm³/mol. The summed E-state index contributed by atoms with van der Waals surface area (Å²) in [5.41, 5.74) is 2.75. The number of amides is 1. The van der Waals surface area contributed by atoms with E-state index in [-0.39, 0.29) is 11.8 Å². The molecule has 3 heterocycles. The highest BCUT2D eigenvalue weighted by Gasteiger charge is 2.28. The lowest BCUT2D eigenvalue weighted by Gasteiger charge is -2.15. The fraction of sp³-hybridized carbons (Fsp3) is 0.500. The Kier molecular flexibility index (Phi) is 3.92. The molecule has 22 heavy (non-hydrogen) atoms. The van der Waals surface area contributed by atoms with Crippen LogP contribution in [0.5, 0.6) is 0 Å². The van der Waals surface area contributed by atoms with Crippen LogP contribution in [0.15, 0.2) is 12.3 Å². The van der Waals surface area contributed by atoms with Gasteiger partial charge in [0.15, 0.2) is 5.82 Å². The first-order valence-electron chi connectivity index (χ1n) is 7.72. The van der Waals surface area contributed by atoms with Crippen LogP contribution in [-0.2, 0) is 4.79 Å². The van der Waals surface area contributed by atoms with Crippen LogP contribution in [0, 0.1) is 13.8 Å². The van der Waals surface area contributed by atoms with Crippen LogP contribution >= 0.6 is 0 Å². The van der Waals surface area contributed by atoms with E-state index in [4.69, 9.17) is 0 Å². The van der Waals surface area contributed by atoms with Gasteiger partial charge in [0.2, 0.25) is 5.91 Å². The molecule has 2 aromatic heterocycles. The van der Waals surface area contributed by atoms with Crippen molar-refractivity contribution in [1.29, 1.82) is 0 Å². The van der Waals surface area contributed by atoms with E-state index in [1.54, 1.807) is 6.20 Å². The zero-order chi connectivity index (χ0) is 15.7. The minimum absolute atomic E-state index is 0.206. The number of nitrogens with zero attached hydrogens (tertiary/aromatic N) is 4. The highest BCUT2D eigenvalue weighted by atomic mass is 16.2. The van der Waals surface area contributed by atoms with E-state index in [9.17, 15) is 4.79 Å². The highest BCUT2D eigenvalue weighted by Crippen LogP contribution is 2.27. The fourth-order valence-corrected chi connectivity index (χ4v) is 2.86. The molecule has 6 heteroatoms. The maximum absolute atomic E-state index is 11.8. The quantitative estimate of drug-likeness (QED) is 0.943. The third-order valence-corrected chi connectivity index (χ3v) is 4.03. The van der Waals surface area contributed by atoms with Crippen LogP contribution in [0.3, 0.4) is 0 Å². The number of aromatic nitrogens is 4. The van der Waals surface area contributed by atoms with Crippen molar-refractivity contribution in [3.63, 3.8) is 0 Å². The van der Waals surface area contributed by atoms with Crippen LogP contribution in [0.2, 0.25) is 0 Å². The van der Waals surface area contributed by atoms with E-state index in [0.29, 0.717) is 13.0 Å². The number of likely N-dealkylation sites (tertiary alicyclic amines) is 1. The molecule has 0 saturated carbocycles. The molecule has 1 aliphatic rings. The number of carbonyl (C=O) groups is 1. The number of aryl methyl sites for hydroxylation is 2. The summed E-state index contributed by atoms with van der Waals surface area (Å²) in [6.45, 7) is 7.35. The third-order valence-electron chi connectivity index (χ3n) is 4.03. The summed E-state index contributed by atoms with van der Waals surface area (Å²) in [6.07, 6.45) is 3.27. The van der Waals surface area contributed by atoms with Gasteiger partial charge < -0.3 is 9.88 Å². The second-order valence-corrected chi connectivity index (χ2v) is 5.85. The SMILES string of the molecule is CCC(=O)N1CCC(c2nc(C)cc(-c3ncc(C)[nH]3)n2)C1. The van der Waals surface area contributed by atoms with Crippen LogP contribution < -0.4 is 0 Å². The van der Waals surface area contributed by atoms with Crippen molar-refractivity contribution in [3.8, 4) is 11.5 Å². The standard InChI is InChI=1S/C16H21N5O/c1-4-14(22)21-6-5-12(9-21)15-18-10(2)7-13(20-15)16-17-8-11(3)19-16/h7-8,12H,4-6,9H2,1-3H3,(H,17,19). The van der Waals surface area contributed by atoms with Crippen molar-refractivity contribution in [1.82, 2.24) is 24.8 Å². The van der Waals surface area contributed by atoms with E-state index >= 15 is 0 Å². The van der Waals surface area contributed by atoms with Crippen LogP contribution in [0.4, 0.5) is 0 Å². The van der Waals surface area contributed by atoms with E-state index in [2.05, 4.69) is 19.9 Å². The van der Waals surface area contributed by atoms with Crippen molar-refractivity contribution >= 4 is 5.91 Å². The summed E-state index contributed by atoms with van der Waals surface area (Å²) in [4.78, 5) is 30.5. The summed E-state index contributed by atoms with van der Waals surface area (Å²) < 4.78 is 0. The summed E-state index contributed by atoms with van der Waals surface area (Å²) >= 11 is 0. The number of H-pyrrole nitrogens is 1. The van der Waals surface area contributed by atoms with E-state index < -0.39 is 0 Å². The third kappa shape index (κ3) is 2.86. The summed E-state index contributed by atoms with van der Waals surface area (Å²) in [5.74, 6) is 2.00. The fourth-order valence-electron chi connectivity index (χ4n) is 2.86. The number of hydrogen-bond acceptors (Lipinski definition) is 4. The molecule has 0 aliphatic carbocycles. The molecule has 0 radical (unpaired) electrons. The van der Waals surface area contributed by atoms with Gasteiger partial charge in [-0.15, -0.1) is 0 Å². The highest BCUT2D eigenvalue weighted by molar-refractivity contribution is 5.76. The number of hydrogen-bond donors (Lipinski definition) is 1. The molecule has 1 aliphatic heterocycles. The van der Waals surface area contributed by atoms with Gasteiger partial charge in [0.05, 0.1) is 0 Å². The van der Waals surface area contributed by atoms with Gasteiger partial charge in [-0.05, 0) is 26.3 Å². The summed E-state index contributed by atoms with van der Waals surface area (Å²) in [7, 11) is 0. The van der Waals surface area contributed by atoms with Crippen LogP contribution in [0.25, 0.3) is 11.5 Å². The van der Waals surface area contributed by atoms with Gasteiger partial charge in [0.1, 0.15) is 11.5 Å². The average molecular weight is 299 g/mol. The number of rotatable bonds is 3. The van der Waals surface area contributed by atoms with Crippen LogP contribution in [0.1, 0.15) is 42.9 Å². The number of carbonyl (C=O) groups excluding carboxylic acids is 1. The Morgan fingerprint density at radius 1 is 1.41 bits per heavy atom. The number of imidazole rings is 1. The van der Waals surface area contributed by atoms with Crippen molar-refractivity contribution in [2.24, 2.45) is 0 Å². The lowest BCUT2D eigenvalue weighted by molar-refractivity contribution is -0.129. The molecule has 1 saturated heterocycles. The Morgan fingerprint density at radius 3 is 2.91 bits per heavy atom. The van der Waals surface area contributed by atoms with Crippen molar-refractivity contribution in [3.05, 3.63) is 29.5 Å². The first-order chi connectivity index (χ1) is 10.6. The lowest BCUT2D eigenvalue weighted by Crippen LogP contribution is -2.27. The largest absolute Gasteiger partial charge is 0.342 e. The molecule has 116 valence electrons. The number of nitrogens with one attached hydrogen (secondary N) is 1. The van der Waals surface area contributed by atoms with E-state index in [0.717, 1.165) is 41.7 Å². The lowest BCUT2D eigenvalue weighted by atomic mass is 10.1. The molecule has 1 amide bonds. The zero-order valence-electron chi connectivity index (χ0n) is 13.3. The maximum Gasteiger partial charge on any atom is 0.222 e. The summed E-state index contributed by atoms with van der Waals surface area (Å²) in [6, 6.07) is 1.94. The van der Waals surface area contributed by atoms with Gasteiger partial charge in [-0.25, -0.2) is 15.0 Å². The van der Waals surface area contributed by atoms with Gasteiger partial charge >= 0.3 is 0 Å². The van der Waals surface area contributed by atoms with Gasteiger partial charge in [-0.1, -0.05) is 6.92 Å². The van der Waals surface area contributed by atoms with Gasteiger partial charge in [-0.2, -0.15) is 0 Å². The van der Waals surface area contributed by atoms with E-state index in [1.807, 2.05) is 31.7 Å². The topological polar surface area (TPSA) is 74.8 Å². The van der Waals surface area contributed by atoms with Crippen molar-refractivity contribution in [2.75, 3.05) is 13.1 Å². The first kappa shape index (κ1) is 14.7. The van der Waals surface area contributed by atoms with Gasteiger partial charge in [-0.3, -0.25) is 4.79 Å². The Hall–Kier alpha value is -2.24. The van der Waals surface area contributed by atoms with Gasteiger partial charge in [0.25, 0.3) is 0 Å². The number of aromatic amines is 1. The Bertz CT molecular complexity index is 694. The smallest absolute Gasteiger partial charge is 0.222 e. The zero-order valence-corrected chi connectivity index (χ0v) is 13.3. The predicted octanol–water partition coefficient (Wildman–Crippen LogP) is 2.21. The molecule has 1 N–H and O–H groups in total. The summed E-state index contributed by atoms with van der Waals surface area (Å²) in [5, 5.41) is 0. The average Bonchev–Trinajstić information content (AvgIpc) is 3.14. The molecule has 0 spiro atoms. The Balaban J connectivity index is 1.86. The second kappa shape index (κ2) is 5.87.